The molecule has 0 saturated heterocycles. The summed E-state index contributed by atoms with van der Waals surface area (Å²) in [4.78, 5) is 2.78. The molecule has 2 rings (SSSR count). The monoisotopic (exact) mass is 183 g/mol. The van der Waals surface area contributed by atoms with Crippen LogP contribution in [-0.2, 0) is 0 Å². The van der Waals surface area contributed by atoms with Crippen LogP contribution in [0, 0.1) is 6.92 Å². The van der Waals surface area contributed by atoms with Gasteiger partial charge in [0.2, 0.25) is 0 Å². The van der Waals surface area contributed by atoms with Crippen molar-refractivity contribution in [1.82, 2.24) is 15.2 Å². The van der Waals surface area contributed by atoms with Crippen LogP contribution in [-0.4, -0.2) is 20.3 Å². The fourth-order valence-corrected chi connectivity index (χ4v) is 0.990. The van der Waals surface area contributed by atoms with E-state index in [9.17, 15) is 0 Å². The summed E-state index contributed by atoms with van der Waals surface area (Å²) >= 11 is 1.33. The van der Waals surface area contributed by atoms with E-state index >= 15 is 0 Å². The van der Waals surface area contributed by atoms with Crippen LogP contribution < -0.4 is 0 Å². The molecule has 0 aromatic carbocycles. The highest BCUT2D eigenvalue weighted by Gasteiger charge is 1.78. The van der Waals surface area contributed by atoms with E-state index in [2.05, 4.69) is 15.2 Å². The Hall–Kier alpha value is -1.36. The number of H-pyrrole nitrogens is 1. The van der Waals surface area contributed by atoms with Crippen LogP contribution in [0.4, 0.5) is 0 Å². The molecular weight excluding hydrogens is 174 g/mol. The van der Waals surface area contributed by atoms with Crippen molar-refractivity contribution in [2.45, 2.75) is 6.92 Å². The van der Waals surface area contributed by atoms with Crippen LogP contribution in [0.25, 0.3) is 0 Å². The fraction of sp³-hybridized carbons (Fsp3) is 0.143. The third kappa shape index (κ3) is 3.16. The summed E-state index contributed by atoms with van der Waals surface area (Å²) in [6, 6.07) is 3.46. The first-order valence-corrected chi connectivity index (χ1v) is 4.22. The Labute approximate surface area is 73.9 Å². The van der Waals surface area contributed by atoms with Crippen LogP contribution in [0.3, 0.4) is 0 Å². The van der Waals surface area contributed by atoms with Crippen LogP contribution in [0.5, 0.6) is 5.06 Å². The van der Waals surface area contributed by atoms with Crippen molar-refractivity contribution in [3.63, 3.8) is 0 Å². The highest BCUT2D eigenvalue weighted by Crippen LogP contribution is 2.14. The first-order valence-electron chi connectivity index (χ1n) is 3.34. The second-order valence-electron chi connectivity index (χ2n) is 2.03. The topological polar surface area (TPSA) is 61.8 Å². The lowest BCUT2D eigenvalue weighted by Gasteiger charge is -1.67. The van der Waals surface area contributed by atoms with Crippen molar-refractivity contribution in [3.8, 4) is 5.06 Å². The first-order chi connectivity index (χ1) is 5.79. The van der Waals surface area contributed by atoms with E-state index in [1.54, 1.807) is 18.5 Å². The molecule has 0 aliphatic carbocycles. The molecule has 0 atom stereocenters. The van der Waals surface area contributed by atoms with E-state index in [-0.39, 0.29) is 0 Å². The predicted octanol–water partition coefficient (Wildman–Crippen LogP) is 1.57. The standard InChI is InChI=1S/C4H4OS.C3H5N3/c5-4-2-1-3-6-4;1-3-4-2-5-6-3/h1-3,5H;2H,1H3,(H,4,5,6). The van der Waals surface area contributed by atoms with Crippen LogP contribution in [0.15, 0.2) is 23.8 Å². The number of nitrogens with zero attached hydrogens (tertiary/aromatic N) is 2. The SMILES string of the molecule is Cc1nnc[nH]1.Oc1cccs1. The average molecular weight is 183 g/mol. The molecule has 0 bridgehead atoms. The first kappa shape index (κ1) is 8.73. The Bertz CT molecular complexity index is 258. The molecule has 0 aliphatic rings. The van der Waals surface area contributed by atoms with Crippen LogP contribution in [0.2, 0.25) is 0 Å². The zero-order valence-corrected chi connectivity index (χ0v) is 7.38. The third-order valence-corrected chi connectivity index (χ3v) is 1.72. The van der Waals surface area contributed by atoms with Crippen LogP contribution >= 0.6 is 11.3 Å². The zero-order chi connectivity index (χ0) is 8.81. The molecule has 0 unspecified atom stereocenters. The number of rotatable bonds is 0. The Morgan fingerprint density at radius 3 is 2.58 bits per heavy atom. The summed E-state index contributed by atoms with van der Waals surface area (Å²) in [5.41, 5.74) is 0. The van der Waals surface area contributed by atoms with Gasteiger partial charge < -0.3 is 10.1 Å². The number of hydrogen-bond donors (Lipinski definition) is 2. The van der Waals surface area contributed by atoms with E-state index in [1.807, 2.05) is 12.3 Å². The van der Waals surface area contributed by atoms with Crippen molar-refractivity contribution in [2.24, 2.45) is 0 Å². The largest absolute Gasteiger partial charge is 0.499 e. The molecule has 0 amide bonds. The molecule has 0 aliphatic heterocycles. The van der Waals surface area contributed by atoms with Crippen molar-refractivity contribution in [1.29, 1.82) is 0 Å². The zero-order valence-electron chi connectivity index (χ0n) is 6.56. The van der Waals surface area contributed by atoms with Crippen LogP contribution in [0.1, 0.15) is 5.82 Å². The van der Waals surface area contributed by atoms with E-state index in [0.717, 1.165) is 5.82 Å². The van der Waals surface area contributed by atoms with E-state index in [4.69, 9.17) is 5.11 Å². The maximum atomic E-state index is 8.49. The number of thiophene rings is 1. The Kier molecular flexibility index (Phi) is 3.28. The molecule has 0 fully saturated rings. The number of aryl methyl sites for hydroxylation is 1. The van der Waals surface area contributed by atoms with E-state index in [0.29, 0.717) is 5.06 Å². The van der Waals surface area contributed by atoms with Gasteiger partial charge in [-0.1, -0.05) is 0 Å². The van der Waals surface area contributed by atoms with Gasteiger partial charge in [-0.3, -0.25) is 0 Å². The molecule has 2 aromatic heterocycles. The molecular formula is C7H9N3OS. The highest BCUT2D eigenvalue weighted by atomic mass is 32.1. The minimum atomic E-state index is 0.384. The van der Waals surface area contributed by atoms with Gasteiger partial charge in [-0.25, -0.2) is 0 Å². The Morgan fingerprint density at radius 2 is 2.42 bits per heavy atom. The van der Waals surface area contributed by atoms with Gasteiger partial charge in [0.1, 0.15) is 12.2 Å². The molecule has 2 N–H and O–H groups in total. The minimum Gasteiger partial charge on any atom is -0.499 e. The smallest absolute Gasteiger partial charge is 0.171 e. The minimum absolute atomic E-state index is 0.384. The van der Waals surface area contributed by atoms with E-state index < -0.39 is 0 Å². The maximum absolute atomic E-state index is 8.49. The lowest BCUT2D eigenvalue weighted by atomic mass is 10.7. The van der Waals surface area contributed by atoms with Gasteiger partial charge in [0.25, 0.3) is 0 Å². The lowest BCUT2D eigenvalue weighted by Crippen LogP contribution is -1.68. The molecule has 4 nitrogen and oxygen atoms in total. The lowest BCUT2D eigenvalue weighted by molar-refractivity contribution is 0.491. The van der Waals surface area contributed by atoms with E-state index in [1.165, 1.54) is 11.3 Å². The third-order valence-electron chi connectivity index (χ3n) is 1.05. The number of aromatic nitrogens is 3. The average Bonchev–Trinajstić information content (AvgIpc) is 2.63. The summed E-state index contributed by atoms with van der Waals surface area (Å²) < 4.78 is 0. The maximum Gasteiger partial charge on any atom is 0.171 e. The number of aromatic amines is 1. The number of aromatic hydroxyl groups is 1. The van der Waals surface area contributed by atoms with Crippen molar-refractivity contribution in [2.75, 3.05) is 0 Å². The van der Waals surface area contributed by atoms with Crippen molar-refractivity contribution < 1.29 is 5.11 Å². The Morgan fingerprint density at radius 1 is 1.58 bits per heavy atom. The van der Waals surface area contributed by atoms with Gasteiger partial charge in [-0.15, -0.1) is 21.5 Å². The second kappa shape index (κ2) is 4.50. The van der Waals surface area contributed by atoms with Gasteiger partial charge >= 0.3 is 0 Å². The van der Waals surface area contributed by atoms with Gasteiger partial charge in [0.15, 0.2) is 5.06 Å². The second-order valence-corrected chi connectivity index (χ2v) is 2.95. The molecule has 5 heteroatoms. The molecule has 0 spiro atoms. The van der Waals surface area contributed by atoms with Gasteiger partial charge in [0.05, 0.1) is 0 Å². The van der Waals surface area contributed by atoms with Gasteiger partial charge in [-0.2, -0.15) is 0 Å². The summed E-state index contributed by atoms with van der Waals surface area (Å²) in [6.45, 7) is 1.85. The van der Waals surface area contributed by atoms with Gasteiger partial charge in [0, 0.05) is 0 Å². The molecule has 0 radical (unpaired) electrons. The number of nitrogens with one attached hydrogen (secondary N) is 1. The molecule has 2 aromatic rings. The quantitative estimate of drug-likeness (QED) is 0.651. The summed E-state index contributed by atoms with van der Waals surface area (Å²) in [6.07, 6.45) is 1.55. The predicted molar refractivity (Wildman–Crippen MR) is 47.1 cm³/mol. The summed E-state index contributed by atoms with van der Waals surface area (Å²) in [5.74, 6) is 0.856. The number of hydrogen-bond acceptors (Lipinski definition) is 4. The summed E-state index contributed by atoms with van der Waals surface area (Å²) in [7, 11) is 0. The normalized spacial score (nSPS) is 8.75. The molecule has 0 saturated carbocycles. The molecule has 12 heavy (non-hydrogen) atoms. The molecule has 64 valence electrons. The Balaban J connectivity index is 0.000000120. The highest BCUT2D eigenvalue weighted by molar-refractivity contribution is 7.11. The summed E-state index contributed by atoms with van der Waals surface area (Å²) in [5, 5.41) is 17.8. The van der Waals surface area contributed by atoms with Crippen molar-refractivity contribution >= 4 is 11.3 Å². The fourth-order valence-electron chi connectivity index (χ4n) is 0.537. The van der Waals surface area contributed by atoms with Gasteiger partial charge in [-0.05, 0) is 24.4 Å². The van der Waals surface area contributed by atoms with Crippen molar-refractivity contribution in [3.05, 3.63) is 29.7 Å². The molecule has 2 heterocycles.